The largest absolute Gasteiger partial charge is 0.349 e. The van der Waals surface area contributed by atoms with E-state index >= 15 is 0 Å². The fourth-order valence-corrected chi connectivity index (χ4v) is 2.50. The Balaban J connectivity index is 2.28. The minimum Gasteiger partial charge on any atom is -0.349 e. The van der Waals surface area contributed by atoms with Gasteiger partial charge >= 0.3 is 0 Å². The first-order valence-corrected chi connectivity index (χ1v) is 6.32. The molecule has 0 saturated carbocycles. The Labute approximate surface area is 99.3 Å². The van der Waals surface area contributed by atoms with Crippen LogP contribution in [0.15, 0.2) is 12.3 Å². The minimum absolute atomic E-state index is 0.282. The summed E-state index contributed by atoms with van der Waals surface area (Å²) in [5.41, 5.74) is 3.33. The van der Waals surface area contributed by atoms with E-state index in [0.717, 1.165) is 13.1 Å². The Hall–Kier alpha value is -0.760. The van der Waals surface area contributed by atoms with Gasteiger partial charge in [-0.2, -0.15) is 0 Å². The van der Waals surface area contributed by atoms with Gasteiger partial charge in [-0.05, 0) is 38.3 Å². The van der Waals surface area contributed by atoms with E-state index < -0.39 is 0 Å². The monoisotopic (exact) mass is 220 g/mol. The van der Waals surface area contributed by atoms with Gasteiger partial charge in [0.2, 0.25) is 0 Å². The summed E-state index contributed by atoms with van der Waals surface area (Å²) in [4.78, 5) is 2.58. The molecule has 1 aromatic rings. The maximum atomic E-state index is 2.58. The lowest BCUT2D eigenvalue weighted by Gasteiger charge is -2.39. The zero-order valence-corrected chi connectivity index (χ0v) is 11.2. The molecule has 0 amide bonds. The number of aromatic nitrogens is 1. The van der Waals surface area contributed by atoms with Crippen LogP contribution in [0.1, 0.15) is 51.8 Å². The molecule has 0 spiro atoms. The van der Waals surface area contributed by atoms with Crippen LogP contribution in [0.3, 0.4) is 0 Å². The van der Waals surface area contributed by atoms with Gasteiger partial charge in [0.1, 0.15) is 0 Å². The van der Waals surface area contributed by atoms with Gasteiger partial charge in [-0.25, -0.2) is 0 Å². The fraction of sp³-hybridized carbons (Fsp3) is 0.714. The van der Waals surface area contributed by atoms with Crippen LogP contribution in [-0.2, 0) is 13.1 Å². The first-order valence-electron chi connectivity index (χ1n) is 6.32. The average Bonchev–Trinajstić information content (AvgIpc) is 2.58. The SMILES string of the molecule is CC(C)c1ccn2c1CN(C(C)(C)C)CC2. The molecule has 16 heavy (non-hydrogen) atoms. The summed E-state index contributed by atoms with van der Waals surface area (Å²) < 4.78 is 2.43. The van der Waals surface area contributed by atoms with Crippen LogP contribution in [0.4, 0.5) is 0 Å². The molecule has 1 aromatic heterocycles. The van der Waals surface area contributed by atoms with Gasteiger partial charge in [-0.15, -0.1) is 0 Å². The predicted molar refractivity (Wildman–Crippen MR) is 68.7 cm³/mol. The summed E-state index contributed by atoms with van der Waals surface area (Å²) >= 11 is 0. The summed E-state index contributed by atoms with van der Waals surface area (Å²) in [7, 11) is 0. The van der Waals surface area contributed by atoms with Gasteiger partial charge in [0.05, 0.1) is 0 Å². The van der Waals surface area contributed by atoms with Crippen molar-refractivity contribution < 1.29 is 0 Å². The minimum atomic E-state index is 0.282. The van der Waals surface area contributed by atoms with Gasteiger partial charge in [-0.1, -0.05) is 13.8 Å². The second-order valence-corrected chi connectivity index (χ2v) is 6.16. The summed E-state index contributed by atoms with van der Waals surface area (Å²) in [5, 5.41) is 0. The van der Waals surface area contributed by atoms with Gasteiger partial charge in [-0.3, -0.25) is 4.90 Å². The number of hydrogen-bond donors (Lipinski definition) is 0. The van der Waals surface area contributed by atoms with E-state index in [1.807, 2.05) is 0 Å². The molecule has 0 unspecified atom stereocenters. The summed E-state index contributed by atoms with van der Waals surface area (Å²) in [6.07, 6.45) is 2.25. The van der Waals surface area contributed by atoms with Crippen molar-refractivity contribution >= 4 is 0 Å². The predicted octanol–water partition coefficient (Wildman–Crippen LogP) is 3.23. The fourth-order valence-electron chi connectivity index (χ4n) is 2.50. The van der Waals surface area contributed by atoms with E-state index in [1.54, 1.807) is 0 Å². The van der Waals surface area contributed by atoms with Crippen LogP contribution in [0, 0.1) is 0 Å². The zero-order chi connectivity index (χ0) is 11.9. The van der Waals surface area contributed by atoms with Crippen LogP contribution in [-0.4, -0.2) is 21.6 Å². The normalized spacial score (nSPS) is 17.9. The van der Waals surface area contributed by atoms with Gasteiger partial charge in [0.25, 0.3) is 0 Å². The van der Waals surface area contributed by atoms with Crippen molar-refractivity contribution in [1.29, 1.82) is 0 Å². The first kappa shape index (κ1) is 11.7. The Kier molecular flexibility index (Phi) is 2.87. The molecule has 90 valence electrons. The second-order valence-electron chi connectivity index (χ2n) is 6.16. The van der Waals surface area contributed by atoms with E-state index in [9.17, 15) is 0 Å². The van der Waals surface area contributed by atoms with Crippen LogP contribution in [0.2, 0.25) is 0 Å². The van der Waals surface area contributed by atoms with E-state index in [1.165, 1.54) is 17.8 Å². The maximum Gasteiger partial charge on any atom is 0.0395 e. The molecular weight excluding hydrogens is 196 g/mol. The standard InChI is InChI=1S/C14H24N2/c1-11(2)12-6-7-15-8-9-16(10-13(12)15)14(3,4)5/h6-7,11H,8-10H2,1-5H3. The van der Waals surface area contributed by atoms with Crippen LogP contribution in [0.25, 0.3) is 0 Å². The lowest BCUT2D eigenvalue weighted by molar-refractivity contribution is 0.102. The molecule has 0 aliphatic carbocycles. The van der Waals surface area contributed by atoms with Crippen molar-refractivity contribution in [2.24, 2.45) is 0 Å². The summed E-state index contributed by atoms with van der Waals surface area (Å²) in [5.74, 6) is 0.635. The highest BCUT2D eigenvalue weighted by atomic mass is 15.2. The molecule has 2 rings (SSSR count). The Bertz CT molecular complexity index is 369. The third-order valence-electron chi connectivity index (χ3n) is 3.64. The second kappa shape index (κ2) is 3.92. The van der Waals surface area contributed by atoms with Crippen molar-refractivity contribution in [3.05, 3.63) is 23.5 Å². The van der Waals surface area contributed by atoms with Gasteiger partial charge in [0, 0.05) is 37.1 Å². The van der Waals surface area contributed by atoms with E-state index in [2.05, 4.69) is 56.3 Å². The molecule has 0 saturated heterocycles. The highest BCUT2D eigenvalue weighted by Gasteiger charge is 2.27. The average molecular weight is 220 g/mol. The smallest absolute Gasteiger partial charge is 0.0395 e. The van der Waals surface area contributed by atoms with Crippen molar-refractivity contribution in [2.75, 3.05) is 6.54 Å². The molecule has 0 aromatic carbocycles. The molecule has 1 aliphatic rings. The number of hydrogen-bond acceptors (Lipinski definition) is 1. The molecule has 0 radical (unpaired) electrons. The lowest BCUT2D eigenvalue weighted by atomic mass is 10.00. The van der Waals surface area contributed by atoms with Crippen LogP contribution < -0.4 is 0 Å². The quantitative estimate of drug-likeness (QED) is 0.705. The molecular formula is C14H24N2. The Morgan fingerprint density at radius 1 is 1.19 bits per heavy atom. The molecule has 2 nitrogen and oxygen atoms in total. The van der Waals surface area contributed by atoms with E-state index in [0.29, 0.717) is 5.92 Å². The molecule has 2 heterocycles. The summed E-state index contributed by atoms with van der Waals surface area (Å²) in [6.45, 7) is 14.9. The van der Waals surface area contributed by atoms with E-state index in [4.69, 9.17) is 0 Å². The first-order chi connectivity index (χ1) is 7.39. The zero-order valence-electron chi connectivity index (χ0n) is 11.2. The molecule has 0 N–H and O–H groups in total. The van der Waals surface area contributed by atoms with E-state index in [-0.39, 0.29) is 5.54 Å². The van der Waals surface area contributed by atoms with Crippen molar-refractivity contribution in [3.63, 3.8) is 0 Å². The third kappa shape index (κ3) is 2.03. The van der Waals surface area contributed by atoms with Crippen LogP contribution in [0.5, 0.6) is 0 Å². The molecule has 0 fully saturated rings. The molecule has 0 atom stereocenters. The van der Waals surface area contributed by atoms with Crippen LogP contribution >= 0.6 is 0 Å². The lowest BCUT2D eigenvalue weighted by Crippen LogP contribution is -2.45. The number of rotatable bonds is 1. The highest BCUT2D eigenvalue weighted by Crippen LogP contribution is 2.28. The third-order valence-corrected chi connectivity index (χ3v) is 3.64. The number of fused-ring (bicyclic) bond motifs is 1. The Morgan fingerprint density at radius 3 is 2.44 bits per heavy atom. The maximum absolute atomic E-state index is 2.58. The van der Waals surface area contributed by atoms with Crippen molar-refractivity contribution in [2.45, 2.75) is 59.2 Å². The topological polar surface area (TPSA) is 8.17 Å². The van der Waals surface area contributed by atoms with Crippen molar-refractivity contribution in [1.82, 2.24) is 9.47 Å². The Morgan fingerprint density at radius 2 is 1.88 bits per heavy atom. The summed E-state index contributed by atoms with van der Waals surface area (Å²) in [6, 6.07) is 2.30. The van der Waals surface area contributed by atoms with Gasteiger partial charge < -0.3 is 4.57 Å². The molecule has 2 heteroatoms. The van der Waals surface area contributed by atoms with Gasteiger partial charge in [0.15, 0.2) is 0 Å². The number of nitrogens with zero attached hydrogens (tertiary/aromatic N) is 2. The molecule has 0 bridgehead atoms. The van der Waals surface area contributed by atoms with Crippen molar-refractivity contribution in [3.8, 4) is 0 Å². The molecule has 1 aliphatic heterocycles. The highest BCUT2D eigenvalue weighted by molar-refractivity contribution is 5.26.